The summed E-state index contributed by atoms with van der Waals surface area (Å²) in [5.74, 6) is 0. The van der Waals surface area contributed by atoms with Gasteiger partial charge in [0.2, 0.25) is 0 Å². The average molecular weight is 153 g/mol. The quantitative estimate of drug-likeness (QED) is 0.612. The maximum Gasteiger partial charge on any atom is 0.0268 e. The van der Waals surface area contributed by atoms with Gasteiger partial charge in [-0.2, -0.15) is 0 Å². The van der Waals surface area contributed by atoms with Gasteiger partial charge in [-0.1, -0.05) is 19.1 Å². The third-order valence-electron chi connectivity index (χ3n) is 1.51. The molecule has 0 saturated heterocycles. The van der Waals surface area contributed by atoms with Crippen molar-refractivity contribution in [3.05, 3.63) is 23.9 Å². The Balaban J connectivity index is 3.79. The molecule has 0 aliphatic carbocycles. The van der Waals surface area contributed by atoms with Gasteiger partial charge in [-0.3, -0.25) is 0 Å². The third-order valence-corrected chi connectivity index (χ3v) is 1.51. The number of allylic oxidation sites excluding steroid dienone is 2. The molecule has 1 heteroatoms. The van der Waals surface area contributed by atoms with Crippen LogP contribution in [0.25, 0.3) is 0 Å². The van der Waals surface area contributed by atoms with Crippen LogP contribution in [-0.2, 0) is 0 Å². The molecule has 1 nitrogen and oxygen atoms in total. The van der Waals surface area contributed by atoms with Crippen molar-refractivity contribution in [1.29, 1.82) is 0 Å². The van der Waals surface area contributed by atoms with Gasteiger partial charge in [0.05, 0.1) is 0 Å². The Morgan fingerprint density at radius 2 is 2.09 bits per heavy atom. The van der Waals surface area contributed by atoms with Crippen LogP contribution in [0.4, 0.5) is 0 Å². The van der Waals surface area contributed by atoms with E-state index in [2.05, 4.69) is 45.7 Å². The zero-order valence-electron chi connectivity index (χ0n) is 8.07. The van der Waals surface area contributed by atoms with Crippen molar-refractivity contribution < 1.29 is 0 Å². The second kappa shape index (κ2) is 5.00. The lowest BCUT2D eigenvalue weighted by Gasteiger charge is -2.12. The fourth-order valence-electron chi connectivity index (χ4n) is 0.809. The molecule has 64 valence electrons. The Hall–Kier alpha value is -0.720. The molecule has 0 aromatic rings. The van der Waals surface area contributed by atoms with E-state index >= 15 is 0 Å². The summed E-state index contributed by atoms with van der Waals surface area (Å²) in [6, 6.07) is 0.526. The fourth-order valence-corrected chi connectivity index (χ4v) is 0.809. The van der Waals surface area contributed by atoms with E-state index in [-0.39, 0.29) is 0 Å². The Kier molecular flexibility index (Phi) is 4.67. The van der Waals surface area contributed by atoms with Gasteiger partial charge < -0.3 is 5.32 Å². The van der Waals surface area contributed by atoms with E-state index in [0.717, 1.165) is 12.1 Å². The molecule has 0 heterocycles. The predicted octanol–water partition coefficient (Wildman–Crippen LogP) is 2.85. The van der Waals surface area contributed by atoms with Crippen LogP contribution in [0.1, 0.15) is 34.1 Å². The standard InChI is InChI=1S/C10H19N/c1-6-9(4)11-10(5)7-8(2)3/h7,9,11H,5-6H2,1-4H3. The van der Waals surface area contributed by atoms with Gasteiger partial charge >= 0.3 is 0 Å². The molecule has 1 unspecified atom stereocenters. The van der Waals surface area contributed by atoms with Crippen molar-refractivity contribution >= 4 is 0 Å². The molecular formula is C10H19N. The highest BCUT2D eigenvalue weighted by Crippen LogP contribution is 1.98. The van der Waals surface area contributed by atoms with Crippen LogP contribution in [-0.4, -0.2) is 6.04 Å². The summed E-state index contributed by atoms with van der Waals surface area (Å²) >= 11 is 0. The van der Waals surface area contributed by atoms with E-state index in [0.29, 0.717) is 6.04 Å². The van der Waals surface area contributed by atoms with Crippen LogP contribution >= 0.6 is 0 Å². The molecule has 11 heavy (non-hydrogen) atoms. The molecular weight excluding hydrogens is 134 g/mol. The van der Waals surface area contributed by atoms with Crippen molar-refractivity contribution in [1.82, 2.24) is 5.32 Å². The van der Waals surface area contributed by atoms with Crippen LogP contribution in [0.3, 0.4) is 0 Å². The van der Waals surface area contributed by atoms with Crippen molar-refractivity contribution in [3.63, 3.8) is 0 Å². The molecule has 0 spiro atoms. The summed E-state index contributed by atoms with van der Waals surface area (Å²) < 4.78 is 0. The van der Waals surface area contributed by atoms with E-state index in [1.165, 1.54) is 5.57 Å². The van der Waals surface area contributed by atoms with Crippen LogP contribution < -0.4 is 5.32 Å². The number of hydrogen-bond donors (Lipinski definition) is 1. The number of hydrogen-bond acceptors (Lipinski definition) is 1. The molecule has 0 saturated carbocycles. The first-order valence-electron chi connectivity index (χ1n) is 4.16. The van der Waals surface area contributed by atoms with Crippen molar-refractivity contribution in [2.45, 2.75) is 40.2 Å². The van der Waals surface area contributed by atoms with Crippen molar-refractivity contribution in [2.75, 3.05) is 0 Å². The predicted molar refractivity (Wildman–Crippen MR) is 51.5 cm³/mol. The summed E-state index contributed by atoms with van der Waals surface area (Å²) in [6.45, 7) is 12.4. The van der Waals surface area contributed by atoms with E-state index in [9.17, 15) is 0 Å². The van der Waals surface area contributed by atoms with Crippen molar-refractivity contribution in [2.24, 2.45) is 0 Å². The van der Waals surface area contributed by atoms with Crippen LogP contribution in [0.2, 0.25) is 0 Å². The molecule has 0 amide bonds. The zero-order valence-corrected chi connectivity index (χ0v) is 8.07. The van der Waals surface area contributed by atoms with E-state index in [4.69, 9.17) is 0 Å². The second-order valence-corrected chi connectivity index (χ2v) is 3.20. The van der Waals surface area contributed by atoms with Crippen LogP contribution in [0.15, 0.2) is 23.9 Å². The topological polar surface area (TPSA) is 12.0 Å². The highest BCUT2D eigenvalue weighted by atomic mass is 14.9. The van der Waals surface area contributed by atoms with Gasteiger partial charge in [-0.15, -0.1) is 0 Å². The van der Waals surface area contributed by atoms with Gasteiger partial charge in [-0.05, 0) is 33.3 Å². The van der Waals surface area contributed by atoms with Gasteiger partial charge in [0.1, 0.15) is 0 Å². The van der Waals surface area contributed by atoms with E-state index < -0.39 is 0 Å². The summed E-state index contributed by atoms with van der Waals surface area (Å²) in [5, 5.41) is 3.29. The van der Waals surface area contributed by atoms with Crippen molar-refractivity contribution in [3.8, 4) is 0 Å². The minimum Gasteiger partial charge on any atom is -0.383 e. The first kappa shape index (κ1) is 10.3. The fraction of sp³-hybridized carbons (Fsp3) is 0.600. The Labute approximate surface area is 70.2 Å². The maximum atomic E-state index is 3.90. The van der Waals surface area contributed by atoms with Gasteiger partial charge in [0.25, 0.3) is 0 Å². The third kappa shape index (κ3) is 5.71. The molecule has 0 aromatic heterocycles. The molecule has 0 rings (SSSR count). The lowest BCUT2D eigenvalue weighted by molar-refractivity contribution is 0.605. The Morgan fingerprint density at radius 3 is 2.45 bits per heavy atom. The van der Waals surface area contributed by atoms with E-state index in [1.54, 1.807) is 0 Å². The lowest BCUT2D eigenvalue weighted by atomic mass is 10.2. The SMILES string of the molecule is C=C(C=C(C)C)NC(C)CC. The highest BCUT2D eigenvalue weighted by Gasteiger charge is 1.95. The maximum absolute atomic E-state index is 3.90. The minimum absolute atomic E-state index is 0.526. The normalized spacial score (nSPS) is 12.0. The molecule has 0 aromatic carbocycles. The summed E-state index contributed by atoms with van der Waals surface area (Å²) in [7, 11) is 0. The molecule has 1 N–H and O–H groups in total. The first-order chi connectivity index (χ1) is 5.06. The largest absolute Gasteiger partial charge is 0.383 e. The molecule has 0 fully saturated rings. The second-order valence-electron chi connectivity index (χ2n) is 3.20. The summed E-state index contributed by atoms with van der Waals surface area (Å²) in [4.78, 5) is 0. The monoisotopic (exact) mass is 153 g/mol. The number of rotatable bonds is 4. The Morgan fingerprint density at radius 1 is 1.55 bits per heavy atom. The zero-order chi connectivity index (χ0) is 8.85. The molecule has 0 radical (unpaired) electrons. The smallest absolute Gasteiger partial charge is 0.0268 e. The summed E-state index contributed by atoms with van der Waals surface area (Å²) in [5.41, 5.74) is 2.30. The van der Waals surface area contributed by atoms with Gasteiger partial charge in [-0.25, -0.2) is 0 Å². The van der Waals surface area contributed by atoms with Crippen LogP contribution in [0, 0.1) is 0 Å². The van der Waals surface area contributed by atoms with Gasteiger partial charge in [0.15, 0.2) is 0 Å². The molecule has 1 atom stereocenters. The molecule has 0 aliphatic rings. The minimum atomic E-state index is 0.526. The van der Waals surface area contributed by atoms with Gasteiger partial charge in [0, 0.05) is 11.7 Å². The van der Waals surface area contributed by atoms with Crippen LogP contribution in [0.5, 0.6) is 0 Å². The highest BCUT2D eigenvalue weighted by molar-refractivity contribution is 5.16. The lowest BCUT2D eigenvalue weighted by Crippen LogP contribution is -2.22. The first-order valence-corrected chi connectivity index (χ1v) is 4.16. The molecule has 0 aliphatic heterocycles. The van der Waals surface area contributed by atoms with E-state index in [1.807, 2.05) is 0 Å². The average Bonchev–Trinajstić information content (AvgIpc) is 1.85. The summed E-state index contributed by atoms with van der Waals surface area (Å²) in [6.07, 6.45) is 3.20. The Bertz CT molecular complexity index is 152. The molecule has 0 bridgehead atoms. The number of nitrogens with one attached hydrogen (secondary N) is 1.